The van der Waals surface area contributed by atoms with E-state index in [1.165, 1.54) is 0 Å². The number of anilines is 1. The molecular weight excluding hydrogens is 306 g/mol. The second-order valence-electron chi connectivity index (χ2n) is 5.16. The first-order valence-corrected chi connectivity index (χ1v) is 7.51. The molecule has 0 atom stereocenters. The number of nitrogens with zero attached hydrogens (tertiary/aromatic N) is 1. The van der Waals surface area contributed by atoms with Crippen LogP contribution in [0.15, 0.2) is 16.7 Å². The summed E-state index contributed by atoms with van der Waals surface area (Å²) in [5.41, 5.74) is 0.731. The Bertz CT molecular complexity index is 470. The number of nitrogens with one attached hydrogen (secondary N) is 2. The number of hydrogen-bond donors (Lipinski definition) is 2. The number of halogens is 1. The molecule has 1 aromatic heterocycles. The highest BCUT2D eigenvalue weighted by Gasteiger charge is 2.37. The molecule has 1 aliphatic rings. The van der Waals surface area contributed by atoms with Gasteiger partial charge in [0.15, 0.2) is 0 Å². The van der Waals surface area contributed by atoms with Crippen molar-refractivity contribution >= 4 is 27.7 Å². The van der Waals surface area contributed by atoms with Crippen LogP contribution in [-0.4, -0.2) is 24.0 Å². The second-order valence-corrected chi connectivity index (χ2v) is 6.07. The molecule has 5 heteroatoms. The van der Waals surface area contributed by atoms with Crippen LogP contribution in [0.1, 0.15) is 31.7 Å². The van der Waals surface area contributed by atoms with E-state index in [2.05, 4.69) is 38.5 Å². The van der Waals surface area contributed by atoms with E-state index in [-0.39, 0.29) is 11.3 Å². The Balaban J connectivity index is 2.15. The van der Waals surface area contributed by atoms with Crippen LogP contribution in [0.4, 0.5) is 5.82 Å². The number of carbonyl (C=O) groups excluding carboxylic acids is 1. The number of aryl methyl sites for hydroxylation is 1. The minimum Gasteiger partial charge on any atom is -0.317 e. The largest absolute Gasteiger partial charge is 0.317 e. The first-order chi connectivity index (χ1) is 9.07. The normalized spacial score (nSPS) is 18.1. The van der Waals surface area contributed by atoms with Crippen molar-refractivity contribution in [2.75, 3.05) is 18.4 Å². The van der Waals surface area contributed by atoms with E-state index in [9.17, 15) is 4.79 Å². The number of piperidine rings is 1. The minimum absolute atomic E-state index is 0.106. The highest BCUT2D eigenvalue weighted by molar-refractivity contribution is 9.10. The van der Waals surface area contributed by atoms with E-state index in [0.29, 0.717) is 5.82 Å². The molecule has 1 aliphatic heterocycles. The molecule has 19 heavy (non-hydrogen) atoms. The monoisotopic (exact) mass is 325 g/mol. The zero-order valence-electron chi connectivity index (χ0n) is 11.4. The van der Waals surface area contributed by atoms with E-state index < -0.39 is 0 Å². The Morgan fingerprint density at radius 1 is 1.53 bits per heavy atom. The molecule has 0 unspecified atom stereocenters. The van der Waals surface area contributed by atoms with Gasteiger partial charge in [0.25, 0.3) is 0 Å². The van der Waals surface area contributed by atoms with Gasteiger partial charge in [0.05, 0.1) is 5.41 Å². The average molecular weight is 326 g/mol. The molecule has 2 N–H and O–H groups in total. The maximum absolute atomic E-state index is 12.6. The lowest BCUT2D eigenvalue weighted by Gasteiger charge is -2.35. The van der Waals surface area contributed by atoms with Crippen molar-refractivity contribution < 1.29 is 4.79 Å². The van der Waals surface area contributed by atoms with Gasteiger partial charge in [-0.05, 0) is 66.8 Å². The van der Waals surface area contributed by atoms with E-state index in [4.69, 9.17) is 0 Å². The topological polar surface area (TPSA) is 54.0 Å². The molecule has 0 bridgehead atoms. The lowest BCUT2D eigenvalue weighted by atomic mass is 9.76. The quantitative estimate of drug-likeness (QED) is 0.898. The Labute approximate surface area is 122 Å². The van der Waals surface area contributed by atoms with Gasteiger partial charge >= 0.3 is 0 Å². The van der Waals surface area contributed by atoms with Crippen LogP contribution < -0.4 is 10.6 Å². The fourth-order valence-electron chi connectivity index (χ4n) is 2.56. The van der Waals surface area contributed by atoms with Gasteiger partial charge in [-0.3, -0.25) is 4.79 Å². The maximum Gasteiger partial charge on any atom is 0.231 e. The van der Waals surface area contributed by atoms with Gasteiger partial charge in [0.2, 0.25) is 5.91 Å². The summed E-state index contributed by atoms with van der Waals surface area (Å²) in [6.07, 6.45) is 4.37. The number of rotatable bonds is 3. The predicted molar refractivity (Wildman–Crippen MR) is 80.1 cm³/mol. The Morgan fingerprint density at radius 2 is 2.21 bits per heavy atom. The summed E-state index contributed by atoms with van der Waals surface area (Å²) in [5, 5.41) is 6.31. The molecule has 104 valence electrons. The van der Waals surface area contributed by atoms with E-state index >= 15 is 0 Å². The predicted octanol–water partition coefficient (Wildman–Crippen LogP) is 2.87. The van der Waals surface area contributed by atoms with Crippen molar-refractivity contribution in [1.82, 2.24) is 10.3 Å². The molecule has 0 spiro atoms. The van der Waals surface area contributed by atoms with Gasteiger partial charge in [0, 0.05) is 10.7 Å². The van der Waals surface area contributed by atoms with Gasteiger partial charge < -0.3 is 10.6 Å². The third kappa shape index (κ3) is 3.15. The number of aromatic nitrogens is 1. The summed E-state index contributed by atoms with van der Waals surface area (Å²) in [4.78, 5) is 16.9. The molecule has 1 saturated heterocycles. The summed E-state index contributed by atoms with van der Waals surface area (Å²) < 4.78 is 0.926. The van der Waals surface area contributed by atoms with Crippen LogP contribution in [0.25, 0.3) is 0 Å². The van der Waals surface area contributed by atoms with Gasteiger partial charge in [-0.25, -0.2) is 4.98 Å². The molecule has 4 nitrogen and oxygen atoms in total. The number of amides is 1. The number of pyridine rings is 1. The summed E-state index contributed by atoms with van der Waals surface area (Å²) >= 11 is 3.38. The molecular formula is C14H20BrN3O. The molecule has 0 saturated carbocycles. The van der Waals surface area contributed by atoms with Gasteiger partial charge in [-0.2, -0.15) is 0 Å². The molecule has 0 radical (unpaired) electrons. The molecule has 1 aromatic rings. The highest BCUT2D eigenvalue weighted by Crippen LogP contribution is 2.34. The number of carbonyl (C=O) groups is 1. The highest BCUT2D eigenvalue weighted by atomic mass is 79.9. The van der Waals surface area contributed by atoms with Gasteiger partial charge in [-0.15, -0.1) is 0 Å². The summed E-state index contributed by atoms with van der Waals surface area (Å²) in [6, 6.07) is 1.96. The average Bonchev–Trinajstić information content (AvgIpc) is 2.42. The van der Waals surface area contributed by atoms with Crippen molar-refractivity contribution in [2.45, 2.75) is 33.1 Å². The number of hydrogen-bond acceptors (Lipinski definition) is 3. The van der Waals surface area contributed by atoms with Crippen LogP contribution in [0.5, 0.6) is 0 Å². The van der Waals surface area contributed by atoms with E-state index in [0.717, 1.165) is 42.4 Å². The van der Waals surface area contributed by atoms with Crippen molar-refractivity contribution in [3.8, 4) is 0 Å². The molecule has 2 heterocycles. The van der Waals surface area contributed by atoms with Gasteiger partial charge in [0.1, 0.15) is 5.82 Å². The Kier molecular flexibility index (Phi) is 4.58. The second kappa shape index (κ2) is 6.01. The summed E-state index contributed by atoms with van der Waals surface area (Å²) in [7, 11) is 0. The van der Waals surface area contributed by atoms with E-state index in [1.54, 1.807) is 6.20 Å². The SMILES string of the molecule is CCC1(C(=O)Nc2ncc(Br)cc2C)CCNCC1. The Hall–Kier alpha value is -0.940. The molecule has 2 rings (SSSR count). The standard InChI is InChI=1S/C14H20BrN3O/c1-3-14(4-6-16-7-5-14)13(19)18-12-10(2)8-11(15)9-17-12/h8-9,16H,3-7H2,1-2H3,(H,17,18,19). The molecule has 0 aromatic carbocycles. The van der Waals surface area contributed by atoms with Crippen LogP contribution >= 0.6 is 15.9 Å². The fourth-order valence-corrected chi connectivity index (χ4v) is 3.00. The first-order valence-electron chi connectivity index (χ1n) is 6.72. The van der Waals surface area contributed by atoms with Crippen molar-refractivity contribution in [1.29, 1.82) is 0 Å². The summed E-state index contributed by atoms with van der Waals surface area (Å²) in [5.74, 6) is 0.772. The van der Waals surface area contributed by atoms with Gasteiger partial charge in [-0.1, -0.05) is 6.92 Å². The van der Waals surface area contributed by atoms with E-state index in [1.807, 2.05) is 13.0 Å². The van der Waals surface area contributed by atoms with Crippen molar-refractivity contribution in [3.63, 3.8) is 0 Å². The van der Waals surface area contributed by atoms with Crippen molar-refractivity contribution in [3.05, 3.63) is 22.3 Å². The molecule has 0 aliphatic carbocycles. The lowest BCUT2D eigenvalue weighted by molar-refractivity contribution is -0.127. The zero-order chi connectivity index (χ0) is 13.9. The maximum atomic E-state index is 12.6. The third-order valence-electron chi connectivity index (χ3n) is 4.00. The third-order valence-corrected chi connectivity index (χ3v) is 4.43. The minimum atomic E-state index is -0.244. The van der Waals surface area contributed by atoms with Crippen LogP contribution in [-0.2, 0) is 4.79 Å². The van der Waals surface area contributed by atoms with Crippen molar-refractivity contribution in [2.24, 2.45) is 5.41 Å². The summed E-state index contributed by atoms with van der Waals surface area (Å²) in [6.45, 7) is 5.86. The van der Waals surface area contributed by atoms with Crippen LogP contribution in [0, 0.1) is 12.3 Å². The Morgan fingerprint density at radius 3 is 2.79 bits per heavy atom. The fraction of sp³-hybridized carbons (Fsp3) is 0.571. The molecule has 1 fully saturated rings. The molecule has 1 amide bonds. The zero-order valence-corrected chi connectivity index (χ0v) is 13.0. The van der Waals surface area contributed by atoms with Crippen LogP contribution in [0.3, 0.4) is 0 Å². The first kappa shape index (κ1) is 14.5. The lowest BCUT2D eigenvalue weighted by Crippen LogP contribution is -2.44. The van der Waals surface area contributed by atoms with Crippen LogP contribution in [0.2, 0.25) is 0 Å². The smallest absolute Gasteiger partial charge is 0.231 e.